The third-order valence-electron chi connectivity index (χ3n) is 4.14. The van der Waals surface area contributed by atoms with Gasteiger partial charge < -0.3 is 10.1 Å². The number of hydrogen-bond acceptors (Lipinski definition) is 4. The number of amides is 1. The van der Waals surface area contributed by atoms with Gasteiger partial charge in [-0.1, -0.05) is 12.1 Å². The Balaban J connectivity index is 1.75. The van der Waals surface area contributed by atoms with Gasteiger partial charge in [0, 0.05) is 25.6 Å². The summed E-state index contributed by atoms with van der Waals surface area (Å²) in [5.41, 5.74) is 1.11. The van der Waals surface area contributed by atoms with Crippen LogP contribution < -0.4 is 10.1 Å². The van der Waals surface area contributed by atoms with E-state index < -0.39 is 10.0 Å². The second kappa shape index (κ2) is 7.79. The van der Waals surface area contributed by atoms with E-state index in [9.17, 15) is 13.2 Å². The van der Waals surface area contributed by atoms with Crippen molar-refractivity contribution in [2.45, 2.75) is 19.3 Å². The summed E-state index contributed by atoms with van der Waals surface area (Å²) in [7, 11) is -1.52. The molecule has 1 amide bonds. The quantitative estimate of drug-likeness (QED) is 0.839. The zero-order valence-corrected chi connectivity index (χ0v) is 14.4. The SMILES string of the molecule is COc1cccc(CCNC(=O)C2CCN(S(C)(=O)=O)CC2)c1. The number of piperidine rings is 1. The molecule has 6 nitrogen and oxygen atoms in total. The Morgan fingerprint density at radius 1 is 1.35 bits per heavy atom. The van der Waals surface area contributed by atoms with Crippen molar-refractivity contribution in [1.29, 1.82) is 0 Å². The van der Waals surface area contributed by atoms with Gasteiger partial charge in [0.15, 0.2) is 0 Å². The number of benzene rings is 1. The maximum atomic E-state index is 12.2. The van der Waals surface area contributed by atoms with Gasteiger partial charge in [-0.05, 0) is 37.0 Å². The first-order chi connectivity index (χ1) is 10.9. The Morgan fingerprint density at radius 3 is 2.65 bits per heavy atom. The number of carbonyl (C=O) groups excluding carboxylic acids is 1. The van der Waals surface area contributed by atoms with Crippen molar-refractivity contribution >= 4 is 15.9 Å². The van der Waals surface area contributed by atoms with E-state index in [4.69, 9.17) is 4.74 Å². The maximum absolute atomic E-state index is 12.2. The van der Waals surface area contributed by atoms with Crippen LogP contribution in [0.1, 0.15) is 18.4 Å². The summed E-state index contributed by atoms with van der Waals surface area (Å²) >= 11 is 0. The van der Waals surface area contributed by atoms with Crippen LogP contribution in [0.25, 0.3) is 0 Å². The van der Waals surface area contributed by atoms with E-state index in [2.05, 4.69) is 5.32 Å². The van der Waals surface area contributed by atoms with Gasteiger partial charge >= 0.3 is 0 Å². The molecule has 0 bridgehead atoms. The lowest BCUT2D eigenvalue weighted by atomic mass is 9.97. The molecule has 0 unspecified atom stereocenters. The van der Waals surface area contributed by atoms with Gasteiger partial charge in [-0.15, -0.1) is 0 Å². The van der Waals surface area contributed by atoms with Crippen LogP contribution in [-0.2, 0) is 21.2 Å². The van der Waals surface area contributed by atoms with Gasteiger partial charge in [0.2, 0.25) is 15.9 Å². The molecule has 1 aliphatic rings. The number of ether oxygens (including phenoxy) is 1. The predicted octanol–water partition coefficient (Wildman–Crippen LogP) is 1.03. The number of nitrogens with zero attached hydrogens (tertiary/aromatic N) is 1. The summed E-state index contributed by atoms with van der Waals surface area (Å²) in [5.74, 6) is 0.723. The molecule has 0 spiro atoms. The van der Waals surface area contributed by atoms with E-state index in [1.165, 1.54) is 10.6 Å². The van der Waals surface area contributed by atoms with E-state index in [0.717, 1.165) is 17.7 Å². The number of sulfonamides is 1. The topological polar surface area (TPSA) is 75.7 Å². The molecule has 0 radical (unpaired) electrons. The molecule has 0 aromatic heterocycles. The first-order valence-electron chi connectivity index (χ1n) is 7.76. The molecule has 23 heavy (non-hydrogen) atoms. The van der Waals surface area contributed by atoms with Gasteiger partial charge in [0.05, 0.1) is 13.4 Å². The van der Waals surface area contributed by atoms with E-state index in [0.29, 0.717) is 32.5 Å². The largest absolute Gasteiger partial charge is 0.497 e. The van der Waals surface area contributed by atoms with Gasteiger partial charge in [0.1, 0.15) is 5.75 Å². The number of hydrogen-bond donors (Lipinski definition) is 1. The van der Waals surface area contributed by atoms with Crippen molar-refractivity contribution in [2.75, 3.05) is 33.0 Å². The predicted molar refractivity (Wildman–Crippen MR) is 88.8 cm³/mol. The summed E-state index contributed by atoms with van der Waals surface area (Å²) in [5, 5.41) is 2.94. The summed E-state index contributed by atoms with van der Waals surface area (Å²) in [6.07, 6.45) is 3.11. The van der Waals surface area contributed by atoms with Gasteiger partial charge in [0.25, 0.3) is 0 Å². The van der Waals surface area contributed by atoms with Crippen LogP contribution in [0.4, 0.5) is 0 Å². The van der Waals surface area contributed by atoms with Crippen LogP contribution in [0.2, 0.25) is 0 Å². The molecule has 7 heteroatoms. The molecule has 1 aliphatic heterocycles. The Bertz CT molecular complexity index is 637. The third-order valence-corrected chi connectivity index (χ3v) is 5.44. The van der Waals surface area contributed by atoms with Gasteiger partial charge in [-0.2, -0.15) is 0 Å². The lowest BCUT2D eigenvalue weighted by Gasteiger charge is -2.29. The zero-order valence-electron chi connectivity index (χ0n) is 13.6. The van der Waals surface area contributed by atoms with Crippen molar-refractivity contribution in [2.24, 2.45) is 5.92 Å². The van der Waals surface area contributed by atoms with Crippen molar-refractivity contribution < 1.29 is 17.9 Å². The highest BCUT2D eigenvalue weighted by Crippen LogP contribution is 2.19. The van der Waals surface area contributed by atoms with Crippen LogP contribution in [0.5, 0.6) is 5.75 Å². The van der Waals surface area contributed by atoms with Crippen LogP contribution in [0, 0.1) is 5.92 Å². The fraction of sp³-hybridized carbons (Fsp3) is 0.562. The second-order valence-electron chi connectivity index (χ2n) is 5.83. The van der Waals surface area contributed by atoms with Gasteiger partial charge in [-0.25, -0.2) is 12.7 Å². The molecular weight excluding hydrogens is 316 g/mol. The van der Waals surface area contributed by atoms with Crippen LogP contribution in [-0.4, -0.2) is 51.6 Å². The average molecular weight is 340 g/mol. The van der Waals surface area contributed by atoms with Crippen molar-refractivity contribution in [1.82, 2.24) is 9.62 Å². The second-order valence-corrected chi connectivity index (χ2v) is 7.81. The van der Waals surface area contributed by atoms with E-state index in [-0.39, 0.29) is 11.8 Å². The molecular formula is C16H24N2O4S. The fourth-order valence-electron chi connectivity index (χ4n) is 2.75. The van der Waals surface area contributed by atoms with Crippen molar-refractivity contribution in [3.05, 3.63) is 29.8 Å². The lowest BCUT2D eigenvalue weighted by Crippen LogP contribution is -2.42. The van der Waals surface area contributed by atoms with Crippen molar-refractivity contribution in [3.8, 4) is 5.75 Å². The molecule has 1 N–H and O–H groups in total. The lowest BCUT2D eigenvalue weighted by molar-refractivity contribution is -0.126. The van der Waals surface area contributed by atoms with Gasteiger partial charge in [-0.3, -0.25) is 4.79 Å². The first-order valence-corrected chi connectivity index (χ1v) is 9.61. The molecule has 1 saturated heterocycles. The molecule has 1 fully saturated rings. The van der Waals surface area contributed by atoms with E-state index in [1.807, 2.05) is 24.3 Å². The van der Waals surface area contributed by atoms with E-state index in [1.54, 1.807) is 7.11 Å². The Labute approximate surface area is 137 Å². The molecule has 2 rings (SSSR count). The van der Waals surface area contributed by atoms with Crippen LogP contribution in [0.3, 0.4) is 0 Å². The minimum Gasteiger partial charge on any atom is -0.497 e. The van der Waals surface area contributed by atoms with Crippen LogP contribution in [0.15, 0.2) is 24.3 Å². The number of rotatable bonds is 6. The third kappa shape index (κ3) is 5.21. The fourth-order valence-corrected chi connectivity index (χ4v) is 3.63. The Kier molecular flexibility index (Phi) is 6.01. The molecule has 0 aliphatic carbocycles. The Hall–Kier alpha value is -1.60. The zero-order chi connectivity index (χ0) is 16.9. The molecule has 1 heterocycles. The summed E-state index contributed by atoms with van der Waals surface area (Å²) in [4.78, 5) is 12.2. The first kappa shape index (κ1) is 17.7. The smallest absolute Gasteiger partial charge is 0.223 e. The van der Waals surface area contributed by atoms with Crippen molar-refractivity contribution in [3.63, 3.8) is 0 Å². The molecule has 0 saturated carbocycles. The minimum atomic E-state index is -3.14. The maximum Gasteiger partial charge on any atom is 0.223 e. The monoisotopic (exact) mass is 340 g/mol. The van der Waals surface area contributed by atoms with Crippen LogP contribution >= 0.6 is 0 Å². The highest BCUT2D eigenvalue weighted by Gasteiger charge is 2.28. The van der Waals surface area contributed by atoms with E-state index >= 15 is 0 Å². The number of nitrogens with one attached hydrogen (secondary N) is 1. The summed E-state index contributed by atoms with van der Waals surface area (Å²) in [6.45, 7) is 1.41. The average Bonchev–Trinajstić information content (AvgIpc) is 2.54. The molecule has 1 aromatic carbocycles. The molecule has 0 atom stereocenters. The standard InChI is InChI=1S/C16H24N2O4S/c1-22-15-5-3-4-13(12-15)6-9-17-16(19)14-7-10-18(11-8-14)23(2,20)21/h3-5,12,14H,6-11H2,1-2H3,(H,17,19). The normalized spacial score (nSPS) is 17.0. The molecule has 128 valence electrons. The number of methoxy groups -OCH3 is 1. The molecule has 1 aromatic rings. The highest BCUT2D eigenvalue weighted by molar-refractivity contribution is 7.88. The summed E-state index contributed by atoms with van der Waals surface area (Å²) in [6, 6.07) is 7.77. The highest BCUT2D eigenvalue weighted by atomic mass is 32.2. The number of carbonyl (C=O) groups is 1. The summed E-state index contributed by atoms with van der Waals surface area (Å²) < 4.78 is 29.5. The minimum absolute atomic E-state index is 0.0149. The Morgan fingerprint density at radius 2 is 2.04 bits per heavy atom.